The molecule has 2 N–H and O–H groups in total. The predicted octanol–water partition coefficient (Wildman–Crippen LogP) is 0.175. The molecule has 0 unspecified atom stereocenters. The lowest BCUT2D eigenvalue weighted by atomic mass is 10.3. The van der Waals surface area contributed by atoms with Crippen molar-refractivity contribution in [1.29, 1.82) is 0 Å². The minimum absolute atomic E-state index is 0.0699. The molecule has 0 aliphatic carbocycles. The summed E-state index contributed by atoms with van der Waals surface area (Å²) >= 11 is 3.23. The van der Waals surface area contributed by atoms with E-state index in [1.54, 1.807) is 12.1 Å². The summed E-state index contributed by atoms with van der Waals surface area (Å²) in [5.41, 5.74) is 0. The lowest BCUT2D eigenvalue weighted by Gasteiger charge is -2.15. The highest BCUT2D eigenvalue weighted by Gasteiger charge is 2.37. The molecule has 5 nitrogen and oxygen atoms in total. The summed E-state index contributed by atoms with van der Waals surface area (Å²) in [6, 6.07) is 6.23. The summed E-state index contributed by atoms with van der Waals surface area (Å²) in [6.45, 7) is -0.140. The summed E-state index contributed by atoms with van der Waals surface area (Å²) in [4.78, 5) is 0.155. The first-order valence-electron chi connectivity index (χ1n) is 5.03. The van der Waals surface area contributed by atoms with Crippen LogP contribution in [0.15, 0.2) is 33.6 Å². The average molecular weight is 322 g/mol. The van der Waals surface area contributed by atoms with E-state index in [0.717, 1.165) is 8.78 Å². The van der Waals surface area contributed by atoms with Gasteiger partial charge in [-0.3, -0.25) is 0 Å². The van der Waals surface area contributed by atoms with Crippen LogP contribution in [0, 0.1) is 0 Å². The maximum atomic E-state index is 12.1. The van der Waals surface area contributed by atoms with Crippen LogP contribution in [0.5, 0.6) is 0 Å². The fraction of sp³-hybridized carbons (Fsp3) is 0.400. The summed E-state index contributed by atoms with van der Waals surface area (Å²) < 4.78 is 26.1. The first-order valence-corrected chi connectivity index (χ1v) is 7.26. The standard InChI is InChI=1S/C10H12BrNO4S/c11-7-1-3-8(4-2-7)17(15,16)12-5-9(13)10(14)6-12/h1-4,9-10,13-14H,5-6H2/t9-,10+. The first-order chi connectivity index (χ1) is 7.91. The van der Waals surface area contributed by atoms with Crippen LogP contribution in [-0.2, 0) is 10.0 Å². The van der Waals surface area contributed by atoms with Gasteiger partial charge in [-0.2, -0.15) is 4.31 Å². The zero-order valence-corrected chi connectivity index (χ0v) is 11.2. The zero-order valence-electron chi connectivity index (χ0n) is 8.82. The number of nitrogens with zero attached hydrogens (tertiary/aromatic N) is 1. The van der Waals surface area contributed by atoms with Crippen molar-refractivity contribution in [1.82, 2.24) is 4.31 Å². The number of hydrogen-bond acceptors (Lipinski definition) is 4. The summed E-state index contributed by atoms with van der Waals surface area (Å²) in [7, 11) is -3.63. The van der Waals surface area contributed by atoms with Crippen molar-refractivity contribution in [3.63, 3.8) is 0 Å². The Balaban J connectivity index is 2.28. The van der Waals surface area contributed by atoms with E-state index >= 15 is 0 Å². The van der Waals surface area contributed by atoms with E-state index in [1.165, 1.54) is 12.1 Å². The Morgan fingerprint density at radius 1 is 1.12 bits per heavy atom. The molecule has 1 saturated heterocycles. The van der Waals surface area contributed by atoms with Crippen LogP contribution in [0.4, 0.5) is 0 Å². The molecule has 0 radical (unpaired) electrons. The highest BCUT2D eigenvalue weighted by molar-refractivity contribution is 9.10. The van der Waals surface area contributed by atoms with Crippen molar-refractivity contribution in [3.05, 3.63) is 28.7 Å². The van der Waals surface area contributed by atoms with Crippen molar-refractivity contribution in [2.45, 2.75) is 17.1 Å². The van der Waals surface area contributed by atoms with Gasteiger partial charge in [-0.25, -0.2) is 8.42 Å². The predicted molar refractivity (Wildman–Crippen MR) is 64.9 cm³/mol. The van der Waals surface area contributed by atoms with E-state index < -0.39 is 22.2 Å². The van der Waals surface area contributed by atoms with Gasteiger partial charge in [0.15, 0.2) is 0 Å². The number of sulfonamides is 1. The second-order valence-corrected chi connectivity index (χ2v) is 6.76. The average Bonchev–Trinajstić information content (AvgIpc) is 2.60. The van der Waals surface area contributed by atoms with Crippen LogP contribution in [0.25, 0.3) is 0 Å². The van der Waals surface area contributed by atoms with Gasteiger partial charge in [0.2, 0.25) is 10.0 Å². The number of β-amino-alcohol motifs (C(OH)–C–C–N with tert-alkyl or cyclic N) is 2. The maximum Gasteiger partial charge on any atom is 0.243 e. The van der Waals surface area contributed by atoms with Crippen molar-refractivity contribution < 1.29 is 18.6 Å². The van der Waals surface area contributed by atoms with E-state index in [0.29, 0.717) is 0 Å². The number of halogens is 1. The second-order valence-electron chi connectivity index (χ2n) is 3.91. The van der Waals surface area contributed by atoms with Gasteiger partial charge in [0, 0.05) is 17.6 Å². The number of benzene rings is 1. The van der Waals surface area contributed by atoms with Crippen LogP contribution in [0.1, 0.15) is 0 Å². The van der Waals surface area contributed by atoms with Crippen LogP contribution >= 0.6 is 15.9 Å². The molecule has 2 atom stereocenters. The molecule has 1 aliphatic rings. The van der Waals surface area contributed by atoms with E-state index in [-0.39, 0.29) is 18.0 Å². The molecular weight excluding hydrogens is 310 g/mol. The topological polar surface area (TPSA) is 77.8 Å². The normalized spacial score (nSPS) is 26.3. The third-order valence-corrected chi connectivity index (χ3v) is 5.05. The molecule has 94 valence electrons. The fourth-order valence-corrected chi connectivity index (χ4v) is 3.43. The third kappa shape index (κ3) is 2.53. The quantitative estimate of drug-likeness (QED) is 0.814. The van der Waals surface area contributed by atoms with Crippen molar-refractivity contribution in [2.24, 2.45) is 0 Å². The van der Waals surface area contributed by atoms with Gasteiger partial charge in [0.25, 0.3) is 0 Å². The molecule has 0 amide bonds. The number of hydrogen-bond donors (Lipinski definition) is 2. The van der Waals surface area contributed by atoms with Crippen molar-refractivity contribution in [2.75, 3.05) is 13.1 Å². The number of aliphatic hydroxyl groups excluding tert-OH is 2. The molecule has 0 spiro atoms. The summed E-state index contributed by atoms with van der Waals surface area (Å²) in [6.07, 6.45) is -2.03. The summed E-state index contributed by atoms with van der Waals surface area (Å²) in [5.74, 6) is 0. The first kappa shape index (κ1) is 13.0. The van der Waals surface area contributed by atoms with E-state index in [1.807, 2.05) is 0 Å². The Hall–Kier alpha value is -0.470. The Kier molecular flexibility index (Phi) is 3.55. The molecule has 0 saturated carbocycles. The van der Waals surface area contributed by atoms with Crippen molar-refractivity contribution >= 4 is 26.0 Å². The molecule has 2 rings (SSSR count). The van der Waals surface area contributed by atoms with Gasteiger partial charge < -0.3 is 10.2 Å². The Morgan fingerprint density at radius 3 is 2.06 bits per heavy atom. The third-order valence-electron chi connectivity index (χ3n) is 2.68. The van der Waals surface area contributed by atoms with Gasteiger partial charge in [0.1, 0.15) is 0 Å². The molecule has 1 fully saturated rings. The lowest BCUT2D eigenvalue weighted by molar-refractivity contribution is 0.0572. The smallest absolute Gasteiger partial charge is 0.243 e. The highest BCUT2D eigenvalue weighted by atomic mass is 79.9. The van der Waals surface area contributed by atoms with Crippen LogP contribution in [0.2, 0.25) is 0 Å². The Morgan fingerprint density at radius 2 is 1.59 bits per heavy atom. The van der Waals surface area contributed by atoms with E-state index in [4.69, 9.17) is 0 Å². The highest BCUT2D eigenvalue weighted by Crippen LogP contribution is 2.22. The van der Waals surface area contributed by atoms with E-state index in [9.17, 15) is 18.6 Å². The van der Waals surface area contributed by atoms with Gasteiger partial charge in [-0.1, -0.05) is 15.9 Å². The molecule has 1 heterocycles. The van der Waals surface area contributed by atoms with Gasteiger partial charge in [0.05, 0.1) is 17.1 Å². The fourth-order valence-electron chi connectivity index (χ4n) is 1.69. The maximum absolute atomic E-state index is 12.1. The minimum atomic E-state index is -3.63. The lowest BCUT2D eigenvalue weighted by Crippen LogP contribution is -2.29. The van der Waals surface area contributed by atoms with Crippen LogP contribution < -0.4 is 0 Å². The molecule has 7 heteroatoms. The van der Waals surface area contributed by atoms with Gasteiger partial charge in [-0.15, -0.1) is 0 Å². The Bertz CT molecular complexity index is 492. The van der Waals surface area contributed by atoms with Gasteiger partial charge in [-0.05, 0) is 24.3 Å². The van der Waals surface area contributed by atoms with Crippen molar-refractivity contribution in [3.8, 4) is 0 Å². The summed E-state index contributed by atoms with van der Waals surface area (Å²) in [5, 5.41) is 18.7. The van der Waals surface area contributed by atoms with E-state index in [2.05, 4.69) is 15.9 Å². The monoisotopic (exact) mass is 321 g/mol. The number of aliphatic hydroxyl groups is 2. The zero-order chi connectivity index (χ0) is 12.6. The number of rotatable bonds is 2. The molecule has 1 aromatic rings. The second kappa shape index (κ2) is 4.66. The molecule has 1 aliphatic heterocycles. The minimum Gasteiger partial charge on any atom is -0.389 e. The SMILES string of the molecule is O=S(=O)(c1ccc(Br)cc1)N1C[C@@H](O)[C@@H](O)C1. The molecular formula is C10H12BrNO4S. The largest absolute Gasteiger partial charge is 0.389 e. The Labute approximate surface area is 108 Å². The van der Waals surface area contributed by atoms with Crippen LogP contribution in [-0.4, -0.2) is 48.2 Å². The van der Waals surface area contributed by atoms with Gasteiger partial charge >= 0.3 is 0 Å². The molecule has 0 aromatic heterocycles. The molecule has 17 heavy (non-hydrogen) atoms. The van der Waals surface area contributed by atoms with Crippen LogP contribution in [0.3, 0.4) is 0 Å². The molecule has 1 aromatic carbocycles. The molecule has 0 bridgehead atoms.